The third kappa shape index (κ3) is 1.81. The topological polar surface area (TPSA) is 34.9 Å². The summed E-state index contributed by atoms with van der Waals surface area (Å²) >= 11 is 0. The van der Waals surface area contributed by atoms with E-state index in [-0.39, 0.29) is 0 Å². The monoisotopic (exact) mass is 200 g/mol. The lowest BCUT2D eigenvalue weighted by Gasteiger charge is -1.96. The van der Waals surface area contributed by atoms with E-state index in [0.717, 1.165) is 24.1 Å². The number of carbonyl (C=O) groups excluding carboxylic acids is 1. The van der Waals surface area contributed by atoms with Crippen molar-refractivity contribution < 1.29 is 4.79 Å². The Hall–Kier alpha value is -1.90. The summed E-state index contributed by atoms with van der Waals surface area (Å²) in [6.07, 6.45) is 2.62. The summed E-state index contributed by atoms with van der Waals surface area (Å²) < 4.78 is 1.77. The van der Waals surface area contributed by atoms with Gasteiger partial charge in [-0.1, -0.05) is 30.3 Å². The van der Waals surface area contributed by atoms with Crippen molar-refractivity contribution in [1.82, 2.24) is 9.78 Å². The van der Waals surface area contributed by atoms with Gasteiger partial charge in [-0.15, -0.1) is 0 Å². The van der Waals surface area contributed by atoms with Gasteiger partial charge < -0.3 is 0 Å². The molecule has 1 aromatic carbocycles. The highest BCUT2D eigenvalue weighted by molar-refractivity contribution is 5.85. The van der Waals surface area contributed by atoms with E-state index >= 15 is 0 Å². The molecule has 0 fully saturated rings. The number of aldehydes is 1. The minimum atomic E-state index is 0.642. The number of aromatic nitrogens is 2. The zero-order chi connectivity index (χ0) is 10.7. The average Bonchev–Trinajstić information content (AvgIpc) is 2.73. The highest BCUT2D eigenvalue weighted by Gasteiger charge is 2.08. The predicted molar refractivity (Wildman–Crippen MR) is 58.7 cm³/mol. The van der Waals surface area contributed by atoms with Crippen molar-refractivity contribution in [2.24, 2.45) is 0 Å². The van der Waals surface area contributed by atoms with Gasteiger partial charge in [-0.05, 0) is 6.92 Å². The molecule has 0 unspecified atom stereocenters. The van der Waals surface area contributed by atoms with Gasteiger partial charge in [-0.2, -0.15) is 5.10 Å². The van der Waals surface area contributed by atoms with Gasteiger partial charge in [0.2, 0.25) is 0 Å². The van der Waals surface area contributed by atoms with Crippen LogP contribution in [-0.2, 0) is 6.54 Å². The molecule has 0 bridgehead atoms. The highest BCUT2D eigenvalue weighted by Crippen LogP contribution is 2.20. The fraction of sp³-hybridized carbons (Fsp3) is 0.167. The fourth-order valence-electron chi connectivity index (χ4n) is 1.51. The second-order valence-electron chi connectivity index (χ2n) is 3.27. The van der Waals surface area contributed by atoms with Crippen LogP contribution in [0.4, 0.5) is 0 Å². The lowest BCUT2D eigenvalue weighted by atomic mass is 10.1. The molecule has 1 aromatic heterocycles. The maximum absolute atomic E-state index is 10.9. The van der Waals surface area contributed by atoms with E-state index in [0.29, 0.717) is 5.56 Å². The van der Waals surface area contributed by atoms with E-state index < -0.39 is 0 Å². The molecule has 3 heteroatoms. The van der Waals surface area contributed by atoms with E-state index in [1.807, 2.05) is 37.3 Å². The summed E-state index contributed by atoms with van der Waals surface area (Å²) in [5.41, 5.74) is 2.38. The second kappa shape index (κ2) is 4.09. The minimum absolute atomic E-state index is 0.642. The Morgan fingerprint density at radius 2 is 2.07 bits per heavy atom. The van der Waals surface area contributed by atoms with Crippen molar-refractivity contribution in [2.75, 3.05) is 0 Å². The van der Waals surface area contributed by atoms with Crippen molar-refractivity contribution in [3.63, 3.8) is 0 Å². The summed E-state index contributed by atoms with van der Waals surface area (Å²) in [5.74, 6) is 0. The molecule has 0 N–H and O–H groups in total. The Balaban J connectivity index is 2.52. The third-order valence-corrected chi connectivity index (χ3v) is 2.29. The summed E-state index contributed by atoms with van der Waals surface area (Å²) in [5, 5.41) is 4.36. The Kier molecular flexibility index (Phi) is 2.63. The molecule has 0 aliphatic carbocycles. The van der Waals surface area contributed by atoms with Crippen LogP contribution in [0.2, 0.25) is 0 Å². The van der Waals surface area contributed by atoms with Crippen LogP contribution in [0.1, 0.15) is 17.3 Å². The summed E-state index contributed by atoms with van der Waals surface area (Å²) in [4.78, 5) is 10.9. The van der Waals surface area contributed by atoms with Crippen LogP contribution in [0, 0.1) is 0 Å². The molecule has 0 aliphatic heterocycles. The Bertz CT molecular complexity index is 460. The van der Waals surface area contributed by atoms with Crippen molar-refractivity contribution in [2.45, 2.75) is 13.5 Å². The number of rotatable bonds is 3. The molecule has 0 saturated carbocycles. The van der Waals surface area contributed by atoms with Gasteiger partial charge >= 0.3 is 0 Å². The molecule has 0 atom stereocenters. The van der Waals surface area contributed by atoms with Crippen molar-refractivity contribution in [1.29, 1.82) is 0 Å². The Morgan fingerprint density at radius 3 is 2.67 bits per heavy atom. The predicted octanol–water partition coefficient (Wildman–Crippen LogP) is 2.38. The van der Waals surface area contributed by atoms with E-state index in [4.69, 9.17) is 0 Å². The lowest BCUT2D eigenvalue weighted by molar-refractivity contribution is 0.112. The van der Waals surface area contributed by atoms with Gasteiger partial charge in [0.1, 0.15) is 5.69 Å². The number of nitrogens with zero attached hydrogens (tertiary/aromatic N) is 2. The van der Waals surface area contributed by atoms with Crippen LogP contribution in [0.15, 0.2) is 36.5 Å². The molecule has 2 rings (SSSR count). The molecule has 0 saturated heterocycles. The van der Waals surface area contributed by atoms with Gasteiger partial charge in [0.05, 0.1) is 5.56 Å². The first-order valence-corrected chi connectivity index (χ1v) is 4.93. The molecule has 2 aromatic rings. The van der Waals surface area contributed by atoms with Crippen LogP contribution in [0.5, 0.6) is 0 Å². The van der Waals surface area contributed by atoms with Crippen molar-refractivity contribution >= 4 is 6.29 Å². The van der Waals surface area contributed by atoms with Gasteiger partial charge in [-0.3, -0.25) is 9.48 Å². The van der Waals surface area contributed by atoms with Crippen LogP contribution < -0.4 is 0 Å². The molecule has 3 nitrogen and oxygen atoms in total. The number of benzene rings is 1. The third-order valence-electron chi connectivity index (χ3n) is 2.29. The van der Waals surface area contributed by atoms with Crippen LogP contribution in [0.3, 0.4) is 0 Å². The zero-order valence-electron chi connectivity index (χ0n) is 8.55. The van der Waals surface area contributed by atoms with E-state index in [2.05, 4.69) is 5.10 Å². The zero-order valence-corrected chi connectivity index (χ0v) is 8.55. The maximum atomic E-state index is 10.9. The van der Waals surface area contributed by atoms with Crippen molar-refractivity contribution in [3.05, 3.63) is 42.1 Å². The molecule has 1 heterocycles. The quantitative estimate of drug-likeness (QED) is 0.713. The number of hydrogen-bond donors (Lipinski definition) is 0. The molecule has 0 aliphatic rings. The minimum Gasteiger partial charge on any atom is -0.298 e. The number of aryl methyl sites for hydroxylation is 1. The lowest BCUT2D eigenvalue weighted by Crippen LogP contribution is -1.93. The normalized spacial score (nSPS) is 10.2. The first-order valence-electron chi connectivity index (χ1n) is 4.93. The maximum Gasteiger partial charge on any atom is 0.153 e. The van der Waals surface area contributed by atoms with Gasteiger partial charge in [0.15, 0.2) is 6.29 Å². The first kappa shape index (κ1) is 9.65. The van der Waals surface area contributed by atoms with Crippen LogP contribution in [0.25, 0.3) is 11.3 Å². The largest absolute Gasteiger partial charge is 0.298 e. The number of carbonyl (C=O) groups is 1. The van der Waals surface area contributed by atoms with Gasteiger partial charge in [0.25, 0.3) is 0 Å². The summed E-state index contributed by atoms with van der Waals surface area (Å²) in [6.45, 7) is 2.77. The second-order valence-corrected chi connectivity index (χ2v) is 3.27. The molecule has 0 radical (unpaired) electrons. The van der Waals surface area contributed by atoms with Crippen LogP contribution in [-0.4, -0.2) is 16.1 Å². The fourth-order valence-corrected chi connectivity index (χ4v) is 1.51. The van der Waals surface area contributed by atoms with E-state index in [1.54, 1.807) is 10.9 Å². The highest BCUT2D eigenvalue weighted by atomic mass is 16.1. The van der Waals surface area contributed by atoms with Crippen LogP contribution >= 0.6 is 0 Å². The Morgan fingerprint density at radius 1 is 1.33 bits per heavy atom. The Labute approximate surface area is 88.4 Å². The van der Waals surface area contributed by atoms with Gasteiger partial charge in [0, 0.05) is 18.3 Å². The molecule has 0 amide bonds. The van der Waals surface area contributed by atoms with Crippen molar-refractivity contribution in [3.8, 4) is 11.3 Å². The first-order chi connectivity index (χ1) is 7.35. The van der Waals surface area contributed by atoms with E-state index in [9.17, 15) is 4.79 Å². The van der Waals surface area contributed by atoms with Gasteiger partial charge in [-0.25, -0.2) is 0 Å². The molecule has 0 spiro atoms. The number of hydrogen-bond acceptors (Lipinski definition) is 2. The molecule has 76 valence electrons. The standard InChI is InChI=1S/C12H12N2O/c1-2-14-8-11(9-15)12(13-14)10-6-4-3-5-7-10/h3-9H,2H2,1H3. The average molecular weight is 200 g/mol. The molecule has 15 heavy (non-hydrogen) atoms. The summed E-state index contributed by atoms with van der Waals surface area (Å²) in [6, 6.07) is 9.73. The summed E-state index contributed by atoms with van der Waals surface area (Å²) in [7, 11) is 0. The smallest absolute Gasteiger partial charge is 0.153 e. The molecular formula is C12H12N2O. The SMILES string of the molecule is CCn1cc(C=O)c(-c2ccccc2)n1. The van der Waals surface area contributed by atoms with E-state index in [1.165, 1.54) is 0 Å². The molecular weight excluding hydrogens is 188 g/mol.